The minimum atomic E-state index is -0.792. The highest BCUT2D eigenvalue weighted by molar-refractivity contribution is 5.76. The van der Waals surface area contributed by atoms with E-state index in [0.717, 1.165) is 11.1 Å². The van der Waals surface area contributed by atoms with E-state index in [4.69, 9.17) is 9.52 Å². The van der Waals surface area contributed by atoms with Crippen LogP contribution in [0.1, 0.15) is 30.9 Å². The molecule has 1 rings (SSSR count). The van der Waals surface area contributed by atoms with Crippen molar-refractivity contribution in [2.75, 3.05) is 0 Å². The maximum atomic E-state index is 10.9. The predicted molar refractivity (Wildman–Crippen MR) is 48.7 cm³/mol. The summed E-state index contributed by atoms with van der Waals surface area (Å²) in [6.45, 7) is 5.65. The van der Waals surface area contributed by atoms with Gasteiger partial charge in [0.25, 0.3) is 0 Å². The van der Waals surface area contributed by atoms with Crippen molar-refractivity contribution < 1.29 is 14.3 Å². The van der Waals surface area contributed by atoms with E-state index in [0.29, 0.717) is 0 Å². The Balaban J connectivity index is 3.02. The van der Waals surface area contributed by atoms with Gasteiger partial charge in [-0.2, -0.15) is 0 Å². The first-order chi connectivity index (χ1) is 6.04. The molecule has 0 radical (unpaired) electrons. The summed E-state index contributed by atoms with van der Waals surface area (Å²) in [5.41, 5.74) is 1.68. The van der Waals surface area contributed by atoms with Crippen LogP contribution in [0.15, 0.2) is 16.9 Å². The van der Waals surface area contributed by atoms with Gasteiger partial charge in [-0.05, 0) is 18.4 Å². The molecule has 3 nitrogen and oxygen atoms in total. The summed E-state index contributed by atoms with van der Waals surface area (Å²) in [5.74, 6) is -1.17. The molecule has 1 unspecified atom stereocenters. The number of hydrogen-bond acceptors (Lipinski definition) is 2. The zero-order valence-corrected chi connectivity index (χ0v) is 8.07. The van der Waals surface area contributed by atoms with Gasteiger partial charge in [0.1, 0.15) is 0 Å². The quantitative estimate of drug-likeness (QED) is 0.780. The van der Waals surface area contributed by atoms with Gasteiger partial charge in [-0.1, -0.05) is 13.8 Å². The highest BCUT2D eigenvalue weighted by atomic mass is 16.4. The predicted octanol–water partition coefficient (Wildman–Crippen LogP) is 2.41. The third-order valence-electron chi connectivity index (χ3n) is 2.16. The highest BCUT2D eigenvalue weighted by Gasteiger charge is 2.26. The van der Waals surface area contributed by atoms with E-state index in [1.54, 1.807) is 6.26 Å². The summed E-state index contributed by atoms with van der Waals surface area (Å²) in [6.07, 6.45) is 3.10. The number of furan rings is 1. The average molecular weight is 182 g/mol. The van der Waals surface area contributed by atoms with Gasteiger partial charge < -0.3 is 9.52 Å². The van der Waals surface area contributed by atoms with Crippen molar-refractivity contribution in [2.45, 2.75) is 26.7 Å². The monoisotopic (exact) mass is 182 g/mol. The van der Waals surface area contributed by atoms with Gasteiger partial charge in [-0.3, -0.25) is 4.79 Å². The van der Waals surface area contributed by atoms with Crippen molar-refractivity contribution in [3.05, 3.63) is 23.7 Å². The molecule has 0 aliphatic carbocycles. The van der Waals surface area contributed by atoms with Gasteiger partial charge in [-0.25, -0.2) is 0 Å². The SMILES string of the molecule is Cc1cocc1C(C(=O)O)C(C)C. The Morgan fingerprint density at radius 3 is 2.38 bits per heavy atom. The molecule has 1 N–H and O–H groups in total. The lowest BCUT2D eigenvalue weighted by atomic mass is 9.88. The third kappa shape index (κ3) is 1.91. The van der Waals surface area contributed by atoms with Crippen LogP contribution >= 0.6 is 0 Å². The number of rotatable bonds is 3. The Hall–Kier alpha value is -1.25. The highest BCUT2D eigenvalue weighted by Crippen LogP contribution is 2.27. The van der Waals surface area contributed by atoms with Crippen LogP contribution in [0, 0.1) is 12.8 Å². The van der Waals surface area contributed by atoms with Gasteiger partial charge in [0.2, 0.25) is 0 Å². The molecular weight excluding hydrogens is 168 g/mol. The lowest BCUT2D eigenvalue weighted by Crippen LogP contribution is -2.17. The van der Waals surface area contributed by atoms with E-state index in [1.807, 2.05) is 20.8 Å². The fourth-order valence-electron chi connectivity index (χ4n) is 1.47. The average Bonchev–Trinajstić information content (AvgIpc) is 2.35. The van der Waals surface area contributed by atoms with Crippen LogP contribution in [0.4, 0.5) is 0 Å². The fourth-order valence-corrected chi connectivity index (χ4v) is 1.47. The van der Waals surface area contributed by atoms with Crippen LogP contribution in [0.3, 0.4) is 0 Å². The number of aryl methyl sites for hydroxylation is 1. The van der Waals surface area contributed by atoms with Crippen molar-refractivity contribution in [3.8, 4) is 0 Å². The van der Waals surface area contributed by atoms with Gasteiger partial charge in [0.05, 0.1) is 18.4 Å². The summed E-state index contributed by atoms with van der Waals surface area (Å²) in [6, 6.07) is 0. The first-order valence-electron chi connectivity index (χ1n) is 4.29. The number of carboxylic acid groups (broad SMARTS) is 1. The lowest BCUT2D eigenvalue weighted by molar-refractivity contribution is -0.139. The Labute approximate surface area is 77.4 Å². The lowest BCUT2D eigenvalue weighted by Gasteiger charge is -2.14. The number of carbonyl (C=O) groups is 1. The van der Waals surface area contributed by atoms with Gasteiger partial charge in [0.15, 0.2) is 0 Å². The molecule has 1 atom stereocenters. The number of carboxylic acids is 1. The minimum absolute atomic E-state index is 0.0776. The molecule has 0 bridgehead atoms. The zero-order valence-electron chi connectivity index (χ0n) is 8.07. The van der Waals surface area contributed by atoms with E-state index < -0.39 is 11.9 Å². The van der Waals surface area contributed by atoms with Crippen molar-refractivity contribution in [2.24, 2.45) is 5.92 Å². The maximum absolute atomic E-state index is 10.9. The molecule has 0 aromatic carbocycles. The third-order valence-corrected chi connectivity index (χ3v) is 2.16. The summed E-state index contributed by atoms with van der Waals surface area (Å²) >= 11 is 0. The largest absolute Gasteiger partial charge is 0.481 e. The Morgan fingerprint density at radius 2 is 2.08 bits per heavy atom. The van der Waals surface area contributed by atoms with E-state index in [2.05, 4.69) is 0 Å². The number of hydrogen-bond donors (Lipinski definition) is 1. The second kappa shape index (κ2) is 3.64. The first kappa shape index (κ1) is 9.84. The topological polar surface area (TPSA) is 50.4 Å². The van der Waals surface area contributed by atoms with Crippen LogP contribution in [0.5, 0.6) is 0 Å². The van der Waals surface area contributed by atoms with Crippen molar-refractivity contribution in [1.29, 1.82) is 0 Å². The standard InChI is InChI=1S/C10H14O3/c1-6(2)9(10(11)12)8-5-13-4-7(8)3/h4-6,9H,1-3H3,(H,11,12). The second-order valence-electron chi connectivity index (χ2n) is 3.57. The molecular formula is C10H14O3. The Bertz CT molecular complexity index is 299. The van der Waals surface area contributed by atoms with Crippen molar-refractivity contribution in [1.82, 2.24) is 0 Å². The molecule has 0 aliphatic rings. The molecule has 3 heteroatoms. The summed E-state index contributed by atoms with van der Waals surface area (Å²) in [7, 11) is 0. The van der Waals surface area contributed by atoms with E-state index in [1.165, 1.54) is 6.26 Å². The minimum Gasteiger partial charge on any atom is -0.481 e. The summed E-state index contributed by atoms with van der Waals surface area (Å²) < 4.78 is 4.96. The summed E-state index contributed by atoms with van der Waals surface area (Å²) in [4.78, 5) is 10.9. The molecule has 1 heterocycles. The van der Waals surface area contributed by atoms with Crippen molar-refractivity contribution >= 4 is 5.97 Å². The van der Waals surface area contributed by atoms with Gasteiger partial charge in [0, 0.05) is 5.56 Å². The second-order valence-corrected chi connectivity index (χ2v) is 3.57. The van der Waals surface area contributed by atoms with Gasteiger partial charge in [-0.15, -0.1) is 0 Å². The molecule has 0 aliphatic heterocycles. The van der Waals surface area contributed by atoms with Crippen LogP contribution in [0.25, 0.3) is 0 Å². The first-order valence-corrected chi connectivity index (χ1v) is 4.29. The smallest absolute Gasteiger partial charge is 0.311 e. The van der Waals surface area contributed by atoms with E-state index >= 15 is 0 Å². The van der Waals surface area contributed by atoms with Crippen LogP contribution in [-0.4, -0.2) is 11.1 Å². The van der Waals surface area contributed by atoms with Crippen LogP contribution in [-0.2, 0) is 4.79 Å². The van der Waals surface area contributed by atoms with Crippen molar-refractivity contribution in [3.63, 3.8) is 0 Å². The molecule has 0 amide bonds. The van der Waals surface area contributed by atoms with Crippen LogP contribution in [0.2, 0.25) is 0 Å². The molecule has 13 heavy (non-hydrogen) atoms. The molecule has 0 saturated heterocycles. The van der Waals surface area contributed by atoms with E-state index in [-0.39, 0.29) is 5.92 Å². The molecule has 0 fully saturated rings. The van der Waals surface area contributed by atoms with Crippen LogP contribution < -0.4 is 0 Å². The maximum Gasteiger partial charge on any atom is 0.311 e. The Morgan fingerprint density at radius 1 is 1.46 bits per heavy atom. The summed E-state index contributed by atoms with van der Waals surface area (Å²) in [5, 5.41) is 9.00. The molecule has 72 valence electrons. The molecule has 1 aromatic heterocycles. The molecule has 0 spiro atoms. The van der Waals surface area contributed by atoms with E-state index in [9.17, 15) is 4.79 Å². The fraction of sp³-hybridized carbons (Fsp3) is 0.500. The zero-order chi connectivity index (χ0) is 10.0. The van der Waals surface area contributed by atoms with Gasteiger partial charge >= 0.3 is 5.97 Å². The normalized spacial score (nSPS) is 13.2. The molecule has 0 saturated carbocycles. The Kier molecular flexibility index (Phi) is 2.76. The number of aliphatic carboxylic acids is 1. The molecule has 1 aromatic rings.